The number of rotatable bonds is 31. The fourth-order valence-electron chi connectivity index (χ4n) is 6.14. The van der Waals surface area contributed by atoms with Crippen LogP contribution in [-0.2, 0) is 19.2 Å². The van der Waals surface area contributed by atoms with Crippen LogP contribution in [0.1, 0.15) is 181 Å². The normalized spacial score (nSPS) is 10.8. The third-order valence-corrected chi connectivity index (χ3v) is 9.47. The Hall–Kier alpha value is -4.34. The lowest BCUT2D eigenvalue weighted by Crippen LogP contribution is -2.12. The Labute approximate surface area is 334 Å². The minimum absolute atomic E-state index is 0.104. The summed E-state index contributed by atoms with van der Waals surface area (Å²) in [6.07, 6.45) is 23.6. The summed E-state index contributed by atoms with van der Waals surface area (Å²) >= 11 is 0. The van der Waals surface area contributed by atoms with Gasteiger partial charge in [-0.25, -0.2) is 0 Å². The van der Waals surface area contributed by atoms with Crippen LogP contribution in [0.4, 0.5) is 0 Å². The summed E-state index contributed by atoms with van der Waals surface area (Å²) in [5.41, 5.74) is -0.958. The van der Waals surface area contributed by atoms with Crippen molar-refractivity contribution in [1.29, 1.82) is 0 Å². The molecule has 0 aliphatic rings. The molecule has 0 N–H and O–H groups in total. The highest BCUT2D eigenvalue weighted by Crippen LogP contribution is 2.17. The van der Waals surface area contributed by atoms with Gasteiger partial charge in [0, 0.05) is 25.7 Å². The van der Waals surface area contributed by atoms with Crippen LogP contribution >= 0.6 is 0 Å². The molecule has 0 aromatic heterocycles. The summed E-state index contributed by atoms with van der Waals surface area (Å²) in [5.74, 6) is -1.69. The Morgan fingerprint density at radius 3 is 0.893 bits per heavy atom. The average Bonchev–Trinajstić information content (AvgIpc) is 3.45. The topological polar surface area (TPSA) is 139 Å². The zero-order valence-electron chi connectivity index (χ0n) is 34.1. The summed E-state index contributed by atoms with van der Waals surface area (Å²) in [6, 6.07) is 10.7. The van der Waals surface area contributed by atoms with Gasteiger partial charge in [0.1, 0.15) is 11.5 Å². The Morgan fingerprint density at radius 2 is 0.589 bits per heavy atom. The molecule has 0 bridgehead atoms. The maximum Gasteiger partial charge on any atom is 0.311 e. The molecular formula is C46H66O10. The van der Waals surface area contributed by atoms with Crippen molar-refractivity contribution < 1.29 is 38.1 Å². The van der Waals surface area contributed by atoms with Crippen LogP contribution in [0.3, 0.4) is 0 Å². The van der Waals surface area contributed by atoms with Gasteiger partial charge in [-0.2, -0.15) is 0 Å². The van der Waals surface area contributed by atoms with E-state index in [0.717, 1.165) is 25.7 Å². The van der Waals surface area contributed by atoms with Gasteiger partial charge in [0.15, 0.2) is 11.5 Å². The first-order valence-corrected chi connectivity index (χ1v) is 21.3. The van der Waals surface area contributed by atoms with Crippen LogP contribution in [0.5, 0.6) is 23.0 Å². The molecule has 0 fully saturated rings. The number of hydrogen-bond acceptors (Lipinski definition) is 10. The summed E-state index contributed by atoms with van der Waals surface area (Å²) in [6.45, 7) is 4.41. The van der Waals surface area contributed by atoms with Crippen LogP contribution < -0.4 is 29.8 Å². The fraction of sp³-hybridized carbons (Fsp3) is 0.609. The van der Waals surface area contributed by atoms with E-state index in [-0.39, 0.29) is 48.7 Å². The van der Waals surface area contributed by atoms with E-state index in [0.29, 0.717) is 38.5 Å². The lowest BCUT2D eigenvalue weighted by Gasteiger charge is -2.04. The summed E-state index contributed by atoms with van der Waals surface area (Å²) in [5, 5.41) is 0. The molecule has 10 nitrogen and oxygen atoms in total. The van der Waals surface area contributed by atoms with E-state index in [9.17, 15) is 28.8 Å². The fourth-order valence-corrected chi connectivity index (χ4v) is 6.14. The molecule has 0 amide bonds. The number of esters is 4. The van der Waals surface area contributed by atoms with E-state index in [4.69, 9.17) is 18.9 Å². The predicted octanol–water partition coefficient (Wildman–Crippen LogP) is 10.9. The Morgan fingerprint density at radius 1 is 0.339 bits per heavy atom. The maximum atomic E-state index is 12.4. The van der Waals surface area contributed by atoms with Gasteiger partial charge in [-0.3, -0.25) is 28.8 Å². The van der Waals surface area contributed by atoms with Crippen molar-refractivity contribution in [2.75, 3.05) is 0 Å². The highest BCUT2D eigenvalue weighted by Gasteiger charge is 2.12. The lowest BCUT2D eigenvalue weighted by atomic mass is 10.1. The quantitative estimate of drug-likeness (QED) is 0.0536. The summed E-state index contributed by atoms with van der Waals surface area (Å²) < 4.78 is 21.3. The zero-order valence-corrected chi connectivity index (χ0v) is 34.1. The van der Waals surface area contributed by atoms with Crippen molar-refractivity contribution in [1.82, 2.24) is 0 Å². The lowest BCUT2D eigenvalue weighted by molar-refractivity contribution is -0.135. The number of carbonyl (C=O) groups is 4. The van der Waals surface area contributed by atoms with Crippen molar-refractivity contribution >= 4 is 23.9 Å². The number of hydrogen-bond donors (Lipinski definition) is 0. The molecule has 10 heteroatoms. The second kappa shape index (κ2) is 30.8. The van der Waals surface area contributed by atoms with Crippen LogP contribution in [-0.4, -0.2) is 23.9 Å². The molecule has 0 saturated heterocycles. The highest BCUT2D eigenvalue weighted by atomic mass is 16.5. The molecule has 0 atom stereocenters. The van der Waals surface area contributed by atoms with Crippen LogP contribution in [0.15, 0.2) is 58.1 Å². The van der Waals surface area contributed by atoms with Gasteiger partial charge >= 0.3 is 23.9 Å². The first-order chi connectivity index (χ1) is 27.2. The summed E-state index contributed by atoms with van der Waals surface area (Å²) in [4.78, 5) is 74.2. The van der Waals surface area contributed by atoms with Gasteiger partial charge in [0.05, 0.1) is 0 Å². The number of unbranched alkanes of at least 4 members (excludes halogenated alkanes) is 19. The van der Waals surface area contributed by atoms with E-state index in [2.05, 4.69) is 13.8 Å². The summed E-state index contributed by atoms with van der Waals surface area (Å²) in [7, 11) is 0. The number of carbonyl (C=O) groups excluding carboxylic acids is 4. The molecule has 2 aromatic rings. The molecule has 2 aromatic carbocycles. The van der Waals surface area contributed by atoms with Gasteiger partial charge in [0.2, 0.25) is 10.9 Å². The SMILES string of the molecule is CCCCCCCCCCCC(=O)Oc1ccc(OC(=O)CCCCCCC(=O)Oc2ccc(OC(=O)CCCCCCCCCCC)c(=O)cc2)ccc1=O. The molecule has 0 unspecified atom stereocenters. The first kappa shape index (κ1) is 47.8. The minimum Gasteiger partial charge on any atom is -0.427 e. The van der Waals surface area contributed by atoms with Gasteiger partial charge in [-0.15, -0.1) is 0 Å². The molecule has 0 spiro atoms. The molecule has 310 valence electrons. The zero-order chi connectivity index (χ0) is 40.6. The standard InChI is InChI=1S/C46H66O10/c1-3-5-7-9-11-13-15-17-21-27-45(51)55-41-35-31-37(29-33-39(41)47)53-43(49)25-23-19-20-24-26-44(50)54-38-30-34-40(48)42(36-32-38)56-46(52)28-22-18-16-14-12-10-8-6-4-2/h29-36H,3-28H2,1-2H3. The van der Waals surface area contributed by atoms with Gasteiger partial charge in [-0.1, -0.05) is 129 Å². The number of ether oxygens (including phenoxy) is 4. The predicted molar refractivity (Wildman–Crippen MR) is 219 cm³/mol. The largest absolute Gasteiger partial charge is 0.427 e. The van der Waals surface area contributed by atoms with E-state index in [1.54, 1.807) is 0 Å². The minimum atomic E-state index is -0.479. The molecule has 0 aliphatic heterocycles. The van der Waals surface area contributed by atoms with E-state index in [1.807, 2.05) is 0 Å². The van der Waals surface area contributed by atoms with E-state index in [1.165, 1.54) is 126 Å². The van der Waals surface area contributed by atoms with Gasteiger partial charge in [-0.05, 0) is 74.2 Å². The monoisotopic (exact) mass is 778 g/mol. The second-order valence-electron chi connectivity index (χ2n) is 14.6. The first-order valence-electron chi connectivity index (χ1n) is 21.3. The van der Waals surface area contributed by atoms with Crippen molar-refractivity contribution in [2.45, 2.75) is 181 Å². The molecule has 2 rings (SSSR count). The van der Waals surface area contributed by atoms with Crippen LogP contribution in [0.2, 0.25) is 0 Å². The van der Waals surface area contributed by atoms with E-state index < -0.39 is 34.7 Å². The molecule has 0 saturated carbocycles. The van der Waals surface area contributed by atoms with Crippen molar-refractivity contribution in [3.05, 3.63) is 69.0 Å². The van der Waals surface area contributed by atoms with Crippen molar-refractivity contribution in [3.8, 4) is 23.0 Å². The Balaban J connectivity index is 1.61. The highest BCUT2D eigenvalue weighted by molar-refractivity contribution is 5.74. The third kappa shape index (κ3) is 23.6. The molecule has 0 heterocycles. The average molecular weight is 779 g/mol. The molecular weight excluding hydrogens is 712 g/mol. The Bertz CT molecular complexity index is 1450. The van der Waals surface area contributed by atoms with Gasteiger partial charge in [0.25, 0.3) is 0 Å². The van der Waals surface area contributed by atoms with Crippen molar-refractivity contribution in [2.24, 2.45) is 0 Å². The Kier molecular flexibility index (Phi) is 26.3. The third-order valence-electron chi connectivity index (χ3n) is 9.47. The van der Waals surface area contributed by atoms with Crippen LogP contribution in [0.25, 0.3) is 0 Å². The van der Waals surface area contributed by atoms with Gasteiger partial charge < -0.3 is 18.9 Å². The smallest absolute Gasteiger partial charge is 0.311 e. The second-order valence-corrected chi connectivity index (χ2v) is 14.6. The van der Waals surface area contributed by atoms with Crippen LogP contribution in [0, 0.1) is 0 Å². The van der Waals surface area contributed by atoms with Crippen molar-refractivity contribution in [3.63, 3.8) is 0 Å². The maximum absolute atomic E-state index is 12.4. The van der Waals surface area contributed by atoms with E-state index >= 15 is 0 Å². The molecule has 56 heavy (non-hydrogen) atoms. The molecule has 0 radical (unpaired) electrons. The molecule has 0 aliphatic carbocycles.